The Kier molecular flexibility index (Phi) is 5.48. The standard InChI is InChI=1S/C27H27N3O2/c31-25(29-18-21-12-6-9-17-28-21)24-22-13-4-5-14-23(22)26(32)30(27(24)15-7-8-16-27)19-20-10-2-1-3-11-20/h1-6,9-14,17,24H,7-8,15-16,18-19H2,(H,29,31). The fraction of sp³-hybridized carbons (Fsp3) is 0.296. The summed E-state index contributed by atoms with van der Waals surface area (Å²) in [7, 11) is 0. The van der Waals surface area contributed by atoms with E-state index in [4.69, 9.17) is 0 Å². The summed E-state index contributed by atoms with van der Waals surface area (Å²) in [6.07, 6.45) is 5.44. The van der Waals surface area contributed by atoms with Crippen LogP contribution in [0, 0.1) is 0 Å². The number of nitrogens with zero attached hydrogens (tertiary/aromatic N) is 2. The number of carbonyl (C=O) groups is 2. The molecule has 2 aromatic carbocycles. The van der Waals surface area contributed by atoms with Crippen LogP contribution in [-0.4, -0.2) is 27.2 Å². The molecule has 1 saturated carbocycles. The number of nitrogens with one attached hydrogen (secondary N) is 1. The smallest absolute Gasteiger partial charge is 0.254 e. The maximum absolute atomic E-state index is 13.7. The van der Waals surface area contributed by atoms with E-state index in [1.54, 1.807) is 6.20 Å². The van der Waals surface area contributed by atoms with Gasteiger partial charge in [0.15, 0.2) is 0 Å². The highest BCUT2D eigenvalue weighted by Crippen LogP contribution is 2.50. The topological polar surface area (TPSA) is 62.3 Å². The van der Waals surface area contributed by atoms with E-state index in [9.17, 15) is 9.59 Å². The minimum Gasteiger partial charge on any atom is -0.350 e. The summed E-state index contributed by atoms with van der Waals surface area (Å²) in [5, 5.41) is 3.12. The predicted molar refractivity (Wildman–Crippen MR) is 123 cm³/mol. The minimum absolute atomic E-state index is 0.0279. The van der Waals surface area contributed by atoms with Gasteiger partial charge in [0.25, 0.3) is 5.91 Å². The van der Waals surface area contributed by atoms with E-state index in [2.05, 4.69) is 10.3 Å². The molecule has 1 atom stereocenters. The molecule has 5 nitrogen and oxygen atoms in total. The molecule has 5 rings (SSSR count). The zero-order valence-electron chi connectivity index (χ0n) is 18.0. The van der Waals surface area contributed by atoms with E-state index < -0.39 is 11.5 Å². The summed E-state index contributed by atoms with van der Waals surface area (Å²) in [6, 6.07) is 23.4. The third-order valence-electron chi connectivity index (χ3n) is 6.91. The van der Waals surface area contributed by atoms with Crippen molar-refractivity contribution in [2.75, 3.05) is 0 Å². The minimum atomic E-state index is -0.504. The van der Waals surface area contributed by atoms with Gasteiger partial charge in [-0.2, -0.15) is 0 Å². The Morgan fingerprint density at radius 3 is 2.44 bits per heavy atom. The maximum atomic E-state index is 13.7. The fourth-order valence-electron chi connectivity index (χ4n) is 5.45. The Labute approximate surface area is 188 Å². The molecular formula is C27H27N3O2. The number of aromatic nitrogens is 1. The van der Waals surface area contributed by atoms with Crippen molar-refractivity contribution in [2.24, 2.45) is 0 Å². The lowest BCUT2D eigenvalue weighted by molar-refractivity contribution is -0.126. The first-order valence-electron chi connectivity index (χ1n) is 11.3. The lowest BCUT2D eigenvalue weighted by atomic mass is 9.71. The Morgan fingerprint density at radius 2 is 1.69 bits per heavy atom. The second kappa shape index (κ2) is 8.58. The number of fused-ring (bicyclic) bond motifs is 1. The van der Waals surface area contributed by atoms with Crippen molar-refractivity contribution < 1.29 is 9.59 Å². The summed E-state index contributed by atoms with van der Waals surface area (Å²) in [6.45, 7) is 0.888. The summed E-state index contributed by atoms with van der Waals surface area (Å²) < 4.78 is 0. The number of amides is 2. The molecule has 1 aromatic heterocycles. The molecule has 0 bridgehead atoms. The third kappa shape index (κ3) is 3.58. The van der Waals surface area contributed by atoms with Crippen molar-refractivity contribution >= 4 is 11.8 Å². The second-order valence-electron chi connectivity index (χ2n) is 8.75. The zero-order valence-corrected chi connectivity index (χ0v) is 18.0. The van der Waals surface area contributed by atoms with Crippen LogP contribution in [0.25, 0.3) is 0 Å². The van der Waals surface area contributed by atoms with Gasteiger partial charge in [0.05, 0.1) is 23.7 Å². The SMILES string of the molecule is O=C(NCc1ccccn1)C1c2ccccc2C(=O)N(Cc2ccccc2)C12CCCC2. The fourth-order valence-corrected chi connectivity index (χ4v) is 5.45. The van der Waals surface area contributed by atoms with Gasteiger partial charge in [0.2, 0.25) is 5.91 Å². The van der Waals surface area contributed by atoms with Crippen molar-refractivity contribution in [3.8, 4) is 0 Å². The third-order valence-corrected chi connectivity index (χ3v) is 6.91. The Hall–Kier alpha value is -3.47. The molecular weight excluding hydrogens is 398 g/mol. The first-order chi connectivity index (χ1) is 15.7. The molecule has 0 radical (unpaired) electrons. The Morgan fingerprint density at radius 1 is 0.969 bits per heavy atom. The van der Waals surface area contributed by atoms with Crippen LogP contribution in [0.1, 0.15) is 58.8 Å². The van der Waals surface area contributed by atoms with Crippen LogP contribution in [0.5, 0.6) is 0 Å². The van der Waals surface area contributed by atoms with Crippen LogP contribution in [0.4, 0.5) is 0 Å². The molecule has 1 aliphatic carbocycles. The second-order valence-corrected chi connectivity index (χ2v) is 8.75. The number of hydrogen-bond acceptors (Lipinski definition) is 3. The monoisotopic (exact) mass is 425 g/mol. The largest absolute Gasteiger partial charge is 0.350 e. The van der Waals surface area contributed by atoms with Crippen molar-refractivity contribution in [3.63, 3.8) is 0 Å². The van der Waals surface area contributed by atoms with Crippen LogP contribution in [0.2, 0.25) is 0 Å². The highest BCUT2D eigenvalue weighted by molar-refractivity contribution is 6.02. The van der Waals surface area contributed by atoms with Crippen molar-refractivity contribution in [1.29, 1.82) is 0 Å². The maximum Gasteiger partial charge on any atom is 0.254 e. The van der Waals surface area contributed by atoms with Crippen LogP contribution in [-0.2, 0) is 17.9 Å². The summed E-state index contributed by atoms with van der Waals surface area (Å²) in [5.74, 6) is -0.401. The van der Waals surface area contributed by atoms with Gasteiger partial charge >= 0.3 is 0 Å². The van der Waals surface area contributed by atoms with Gasteiger partial charge in [0, 0.05) is 18.3 Å². The molecule has 1 aliphatic heterocycles. The zero-order chi connectivity index (χ0) is 22.0. The van der Waals surface area contributed by atoms with E-state index in [0.717, 1.165) is 42.5 Å². The average Bonchev–Trinajstić information content (AvgIpc) is 3.32. The van der Waals surface area contributed by atoms with Crippen LogP contribution >= 0.6 is 0 Å². The number of hydrogen-bond donors (Lipinski definition) is 1. The normalized spacial score (nSPS) is 19.1. The molecule has 1 unspecified atom stereocenters. The van der Waals surface area contributed by atoms with E-state index in [0.29, 0.717) is 18.7 Å². The highest BCUT2D eigenvalue weighted by Gasteiger charge is 2.55. The molecule has 1 fully saturated rings. The number of carbonyl (C=O) groups excluding carboxylic acids is 2. The predicted octanol–water partition coefficient (Wildman–Crippen LogP) is 4.45. The van der Waals surface area contributed by atoms with Crippen molar-refractivity contribution in [1.82, 2.24) is 15.2 Å². The van der Waals surface area contributed by atoms with E-state index in [1.807, 2.05) is 77.7 Å². The summed E-state index contributed by atoms with van der Waals surface area (Å²) in [4.78, 5) is 33.8. The van der Waals surface area contributed by atoms with E-state index in [1.165, 1.54) is 0 Å². The lowest BCUT2D eigenvalue weighted by Crippen LogP contribution is -2.60. The molecule has 32 heavy (non-hydrogen) atoms. The molecule has 2 amide bonds. The van der Waals surface area contributed by atoms with Gasteiger partial charge in [-0.25, -0.2) is 0 Å². The van der Waals surface area contributed by atoms with Gasteiger partial charge < -0.3 is 10.2 Å². The first-order valence-corrected chi connectivity index (χ1v) is 11.3. The molecule has 162 valence electrons. The van der Waals surface area contributed by atoms with Gasteiger partial charge in [-0.3, -0.25) is 14.6 Å². The molecule has 1 N–H and O–H groups in total. The average molecular weight is 426 g/mol. The van der Waals surface area contributed by atoms with Gasteiger partial charge in [-0.15, -0.1) is 0 Å². The van der Waals surface area contributed by atoms with Gasteiger partial charge in [0.1, 0.15) is 0 Å². The molecule has 2 heterocycles. The van der Waals surface area contributed by atoms with Crippen LogP contribution < -0.4 is 5.32 Å². The molecule has 2 aliphatic rings. The van der Waals surface area contributed by atoms with Crippen molar-refractivity contribution in [3.05, 3.63) is 101 Å². The highest BCUT2D eigenvalue weighted by atomic mass is 16.2. The van der Waals surface area contributed by atoms with Crippen molar-refractivity contribution in [2.45, 2.75) is 50.2 Å². The first kappa shape index (κ1) is 20.4. The lowest BCUT2D eigenvalue weighted by Gasteiger charge is -2.50. The molecule has 5 heteroatoms. The Balaban J connectivity index is 1.54. The van der Waals surface area contributed by atoms with Gasteiger partial charge in [-0.1, -0.05) is 67.4 Å². The van der Waals surface area contributed by atoms with E-state index >= 15 is 0 Å². The van der Waals surface area contributed by atoms with Gasteiger partial charge in [-0.05, 0) is 42.2 Å². The Bertz CT molecular complexity index is 1110. The summed E-state index contributed by atoms with van der Waals surface area (Å²) >= 11 is 0. The number of pyridine rings is 1. The molecule has 1 spiro atoms. The van der Waals surface area contributed by atoms with E-state index in [-0.39, 0.29) is 11.8 Å². The molecule has 3 aromatic rings. The van der Waals surface area contributed by atoms with Crippen LogP contribution in [0.15, 0.2) is 79.0 Å². The number of benzene rings is 2. The van der Waals surface area contributed by atoms with Crippen LogP contribution in [0.3, 0.4) is 0 Å². The quantitative estimate of drug-likeness (QED) is 0.657. The number of rotatable bonds is 5. The summed E-state index contributed by atoms with van der Waals surface area (Å²) in [5.41, 5.74) is 2.89. The molecule has 0 saturated heterocycles.